The molecular weight excluding hydrogens is 352 g/mol. The molecule has 0 aliphatic rings. The minimum atomic E-state index is 0.518. The van der Waals surface area contributed by atoms with Gasteiger partial charge in [0.1, 0.15) is 5.78 Å². The highest BCUT2D eigenvalue weighted by molar-refractivity contribution is 5.78. The predicted octanol–water partition coefficient (Wildman–Crippen LogP) is 10.3. The molecule has 1 nitrogen and oxygen atoms in total. The summed E-state index contributed by atoms with van der Waals surface area (Å²) in [6.07, 6.45) is 33.2. The van der Waals surface area contributed by atoms with Gasteiger partial charge in [0.2, 0.25) is 0 Å². The molecule has 0 aliphatic carbocycles. The number of carbonyl (C=O) groups excluding carboxylic acids is 1. The third kappa shape index (κ3) is 25.6. The summed E-state index contributed by atoms with van der Waals surface area (Å²) in [7, 11) is 0. The standard InChI is InChI=1S/C28H56O/c1-3-5-7-9-11-12-13-14-15-16-17-18-19-21-23-25-27-28(29)26-24-22-20-10-8-6-4-2/h3-27H2,1-2H3. The van der Waals surface area contributed by atoms with Gasteiger partial charge in [-0.3, -0.25) is 4.79 Å². The highest BCUT2D eigenvalue weighted by Gasteiger charge is 2.02. The molecule has 0 aromatic rings. The smallest absolute Gasteiger partial charge is 0.132 e. The van der Waals surface area contributed by atoms with Crippen LogP contribution in [0.2, 0.25) is 0 Å². The van der Waals surface area contributed by atoms with Crippen molar-refractivity contribution in [3.8, 4) is 0 Å². The van der Waals surface area contributed by atoms with Crippen molar-refractivity contribution in [2.24, 2.45) is 0 Å². The van der Waals surface area contributed by atoms with Gasteiger partial charge in [-0.05, 0) is 12.8 Å². The molecular formula is C28H56O. The van der Waals surface area contributed by atoms with E-state index in [1.807, 2.05) is 0 Å². The minimum absolute atomic E-state index is 0.518. The molecule has 0 spiro atoms. The average Bonchev–Trinajstić information content (AvgIpc) is 2.72. The Morgan fingerprint density at radius 1 is 0.345 bits per heavy atom. The molecule has 0 atom stereocenters. The summed E-state index contributed by atoms with van der Waals surface area (Å²) < 4.78 is 0. The van der Waals surface area contributed by atoms with Crippen LogP contribution in [-0.4, -0.2) is 5.78 Å². The molecule has 0 bridgehead atoms. The van der Waals surface area contributed by atoms with E-state index in [1.165, 1.54) is 135 Å². The molecule has 29 heavy (non-hydrogen) atoms. The second-order valence-corrected chi connectivity index (χ2v) is 9.46. The molecule has 0 aromatic carbocycles. The third-order valence-electron chi connectivity index (χ3n) is 6.37. The molecule has 0 rings (SSSR count). The summed E-state index contributed by atoms with van der Waals surface area (Å²) in [5.74, 6) is 0.518. The first kappa shape index (κ1) is 28.7. The van der Waals surface area contributed by atoms with Gasteiger partial charge in [-0.2, -0.15) is 0 Å². The topological polar surface area (TPSA) is 17.1 Å². The number of unbranched alkanes of at least 4 members (excludes halogenated alkanes) is 21. The summed E-state index contributed by atoms with van der Waals surface area (Å²) in [6.45, 7) is 4.55. The SMILES string of the molecule is CCCCCCCCCCCCCCCCCCC(=O)CCCCCCCCC. The minimum Gasteiger partial charge on any atom is -0.300 e. The maximum absolute atomic E-state index is 11.9. The lowest BCUT2D eigenvalue weighted by Gasteiger charge is -2.04. The van der Waals surface area contributed by atoms with Crippen LogP contribution in [0.1, 0.15) is 174 Å². The summed E-state index contributed by atoms with van der Waals surface area (Å²) >= 11 is 0. The van der Waals surface area contributed by atoms with Gasteiger partial charge < -0.3 is 0 Å². The van der Waals surface area contributed by atoms with E-state index in [9.17, 15) is 4.79 Å². The summed E-state index contributed by atoms with van der Waals surface area (Å²) in [5.41, 5.74) is 0. The molecule has 0 heterocycles. The first-order valence-corrected chi connectivity index (χ1v) is 13.8. The van der Waals surface area contributed by atoms with E-state index in [4.69, 9.17) is 0 Å². The molecule has 0 radical (unpaired) electrons. The van der Waals surface area contributed by atoms with E-state index >= 15 is 0 Å². The maximum atomic E-state index is 11.9. The molecule has 174 valence electrons. The Morgan fingerprint density at radius 2 is 0.552 bits per heavy atom. The van der Waals surface area contributed by atoms with E-state index in [-0.39, 0.29) is 0 Å². The first-order chi connectivity index (χ1) is 14.3. The first-order valence-electron chi connectivity index (χ1n) is 13.8. The Balaban J connectivity index is 3.11. The van der Waals surface area contributed by atoms with Crippen LogP contribution in [0, 0.1) is 0 Å². The fourth-order valence-corrected chi connectivity index (χ4v) is 4.27. The summed E-state index contributed by atoms with van der Waals surface area (Å²) in [4.78, 5) is 11.9. The van der Waals surface area contributed by atoms with Gasteiger partial charge in [0.15, 0.2) is 0 Å². The van der Waals surface area contributed by atoms with Gasteiger partial charge in [0.05, 0.1) is 0 Å². The Bertz CT molecular complexity index is 309. The Morgan fingerprint density at radius 3 is 0.793 bits per heavy atom. The fraction of sp³-hybridized carbons (Fsp3) is 0.964. The van der Waals surface area contributed by atoms with E-state index in [1.54, 1.807) is 0 Å². The lowest BCUT2D eigenvalue weighted by atomic mass is 10.0. The molecule has 0 fully saturated rings. The summed E-state index contributed by atoms with van der Waals surface area (Å²) in [6, 6.07) is 0. The number of Topliss-reactive ketones (excluding diaryl/α,β-unsaturated/α-hetero) is 1. The molecule has 0 unspecified atom stereocenters. The van der Waals surface area contributed by atoms with Gasteiger partial charge in [0, 0.05) is 12.8 Å². The molecule has 0 aromatic heterocycles. The van der Waals surface area contributed by atoms with Crippen molar-refractivity contribution in [1.29, 1.82) is 0 Å². The number of rotatable bonds is 25. The number of ketones is 1. The van der Waals surface area contributed by atoms with Crippen molar-refractivity contribution in [3.05, 3.63) is 0 Å². The highest BCUT2D eigenvalue weighted by atomic mass is 16.1. The van der Waals surface area contributed by atoms with E-state index in [0.717, 1.165) is 25.7 Å². The van der Waals surface area contributed by atoms with Crippen molar-refractivity contribution in [2.45, 2.75) is 174 Å². The number of carbonyl (C=O) groups is 1. The predicted molar refractivity (Wildman–Crippen MR) is 132 cm³/mol. The van der Waals surface area contributed by atoms with Crippen molar-refractivity contribution >= 4 is 5.78 Å². The Labute approximate surface area is 185 Å². The normalized spacial score (nSPS) is 11.2. The van der Waals surface area contributed by atoms with Crippen LogP contribution in [0.4, 0.5) is 0 Å². The molecule has 0 N–H and O–H groups in total. The number of hydrogen-bond donors (Lipinski definition) is 0. The largest absolute Gasteiger partial charge is 0.300 e. The highest BCUT2D eigenvalue weighted by Crippen LogP contribution is 2.15. The van der Waals surface area contributed by atoms with Crippen LogP contribution in [0.5, 0.6) is 0 Å². The second-order valence-electron chi connectivity index (χ2n) is 9.46. The lowest BCUT2D eigenvalue weighted by molar-refractivity contribution is -0.119. The van der Waals surface area contributed by atoms with Crippen LogP contribution in [-0.2, 0) is 4.79 Å². The monoisotopic (exact) mass is 408 g/mol. The van der Waals surface area contributed by atoms with Gasteiger partial charge in [-0.15, -0.1) is 0 Å². The van der Waals surface area contributed by atoms with Crippen LogP contribution in [0.15, 0.2) is 0 Å². The average molecular weight is 409 g/mol. The fourth-order valence-electron chi connectivity index (χ4n) is 4.27. The van der Waals surface area contributed by atoms with Crippen molar-refractivity contribution < 1.29 is 4.79 Å². The van der Waals surface area contributed by atoms with Crippen LogP contribution >= 0.6 is 0 Å². The number of hydrogen-bond acceptors (Lipinski definition) is 1. The second kappa shape index (κ2) is 25.7. The van der Waals surface area contributed by atoms with E-state index < -0.39 is 0 Å². The van der Waals surface area contributed by atoms with Crippen molar-refractivity contribution in [2.75, 3.05) is 0 Å². The maximum Gasteiger partial charge on any atom is 0.132 e. The summed E-state index contributed by atoms with van der Waals surface area (Å²) in [5, 5.41) is 0. The van der Waals surface area contributed by atoms with E-state index in [2.05, 4.69) is 13.8 Å². The Hall–Kier alpha value is -0.330. The van der Waals surface area contributed by atoms with Gasteiger partial charge >= 0.3 is 0 Å². The molecule has 0 amide bonds. The van der Waals surface area contributed by atoms with Crippen LogP contribution < -0.4 is 0 Å². The van der Waals surface area contributed by atoms with Gasteiger partial charge in [0.25, 0.3) is 0 Å². The Kier molecular flexibility index (Phi) is 25.4. The quantitative estimate of drug-likeness (QED) is 0.137. The zero-order valence-corrected chi connectivity index (χ0v) is 20.6. The lowest BCUT2D eigenvalue weighted by Crippen LogP contribution is -1.97. The zero-order chi connectivity index (χ0) is 21.3. The molecule has 0 saturated carbocycles. The van der Waals surface area contributed by atoms with Gasteiger partial charge in [-0.1, -0.05) is 149 Å². The van der Waals surface area contributed by atoms with Crippen molar-refractivity contribution in [3.63, 3.8) is 0 Å². The van der Waals surface area contributed by atoms with Crippen LogP contribution in [0.25, 0.3) is 0 Å². The third-order valence-corrected chi connectivity index (χ3v) is 6.37. The zero-order valence-electron chi connectivity index (χ0n) is 20.6. The van der Waals surface area contributed by atoms with Crippen molar-refractivity contribution in [1.82, 2.24) is 0 Å². The van der Waals surface area contributed by atoms with Crippen LogP contribution in [0.3, 0.4) is 0 Å². The molecule has 1 heteroatoms. The molecule has 0 aliphatic heterocycles. The molecule has 0 saturated heterocycles. The van der Waals surface area contributed by atoms with Gasteiger partial charge in [-0.25, -0.2) is 0 Å². The van der Waals surface area contributed by atoms with E-state index in [0.29, 0.717) is 5.78 Å².